The number of ketones is 1. The molecule has 0 unspecified atom stereocenters. The minimum Gasteiger partial charge on any atom is -0.298 e. The summed E-state index contributed by atoms with van der Waals surface area (Å²) >= 11 is 1.01. The third-order valence-corrected chi connectivity index (χ3v) is 4.82. The van der Waals surface area contributed by atoms with Gasteiger partial charge in [-0.1, -0.05) is 47.3 Å². The highest BCUT2D eigenvalue weighted by molar-refractivity contribution is 8.15. The van der Waals surface area contributed by atoms with Gasteiger partial charge in [-0.25, -0.2) is 4.68 Å². The van der Waals surface area contributed by atoms with Gasteiger partial charge in [0.05, 0.1) is 17.0 Å². The van der Waals surface area contributed by atoms with E-state index in [0.717, 1.165) is 17.3 Å². The fourth-order valence-corrected chi connectivity index (χ4v) is 2.76. The van der Waals surface area contributed by atoms with Crippen LogP contribution in [-0.4, -0.2) is 30.6 Å². The second kappa shape index (κ2) is 6.44. The number of benzene rings is 1. The van der Waals surface area contributed by atoms with Gasteiger partial charge in [0, 0.05) is 0 Å². The second-order valence-corrected chi connectivity index (χ2v) is 7.20. The van der Waals surface area contributed by atoms with Gasteiger partial charge in [0.1, 0.15) is 11.5 Å². The Kier molecular flexibility index (Phi) is 4.81. The van der Waals surface area contributed by atoms with Gasteiger partial charge in [-0.2, -0.15) is 0 Å². The van der Waals surface area contributed by atoms with Crippen LogP contribution in [0, 0.1) is 0 Å². The lowest BCUT2D eigenvalue weighted by Crippen LogP contribution is -2.27. The van der Waals surface area contributed by atoms with E-state index in [1.807, 2.05) is 37.3 Å². The Balaban J connectivity index is 2.26. The summed E-state index contributed by atoms with van der Waals surface area (Å²) in [6.45, 7) is 6.93. The third-order valence-electron chi connectivity index (χ3n) is 3.63. The lowest BCUT2D eigenvalue weighted by molar-refractivity contribution is -0.118. The molecule has 116 valence electrons. The number of Topliss-reactive ketones (excluding diaryl/α,β-unsaturated/α-hetero) is 1. The minimum atomic E-state index is -0.762. The van der Waals surface area contributed by atoms with Gasteiger partial charge in [0.15, 0.2) is 0 Å². The van der Waals surface area contributed by atoms with E-state index in [2.05, 4.69) is 10.3 Å². The normalized spacial score (nSPS) is 12.9. The van der Waals surface area contributed by atoms with Crippen molar-refractivity contribution in [2.75, 3.05) is 0 Å². The van der Waals surface area contributed by atoms with E-state index in [0.29, 0.717) is 5.69 Å². The highest BCUT2D eigenvalue weighted by Gasteiger charge is 2.30. The number of rotatable bonds is 5. The largest absolute Gasteiger partial charge is 0.298 e. The fraction of sp³-hybridized carbons (Fsp3) is 0.375. The summed E-state index contributed by atoms with van der Waals surface area (Å²) in [6.07, 6.45) is 1.45. The Morgan fingerprint density at radius 2 is 1.86 bits per heavy atom. The molecule has 0 N–H and O–H groups in total. The number of carbonyl (C=O) groups is 2. The molecular formula is C16H19N3O2S. The van der Waals surface area contributed by atoms with E-state index in [4.69, 9.17) is 0 Å². The van der Waals surface area contributed by atoms with Crippen LogP contribution in [0.2, 0.25) is 0 Å². The smallest absolute Gasteiger partial charge is 0.240 e. The zero-order valence-electron chi connectivity index (χ0n) is 13.1. The van der Waals surface area contributed by atoms with Crippen LogP contribution in [0.15, 0.2) is 36.5 Å². The number of nitrogens with zero attached hydrogens (tertiary/aromatic N) is 3. The van der Waals surface area contributed by atoms with Crippen LogP contribution in [0.4, 0.5) is 0 Å². The number of thioether (sulfide) groups is 1. The highest BCUT2D eigenvalue weighted by atomic mass is 32.2. The van der Waals surface area contributed by atoms with Crippen LogP contribution in [0.25, 0.3) is 0 Å². The summed E-state index contributed by atoms with van der Waals surface area (Å²) in [7, 11) is 0. The van der Waals surface area contributed by atoms with E-state index >= 15 is 0 Å². The molecule has 6 heteroatoms. The standard InChI is InChI=1S/C16H19N3O2S/c1-11(13-8-6-5-7-9-13)19-14(10-17-18-19)15(21)22-16(3,4)12(2)20/h5-11H,1-4H3/t11-/m1/s1. The van der Waals surface area contributed by atoms with E-state index in [1.165, 1.54) is 13.1 Å². The number of hydrogen-bond acceptors (Lipinski definition) is 5. The molecule has 0 saturated carbocycles. The molecule has 0 aliphatic carbocycles. The Morgan fingerprint density at radius 3 is 2.45 bits per heavy atom. The van der Waals surface area contributed by atoms with Crippen molar-refractivity contribution in [2.24, 2.45) is 0 Å². The van der Waals surface area contributed by atoms with Crippen molar-refractivity contribution >= 4 is 22.7 Å². The monoisotopic (exact) mass is 317 g/mol. The molecule has 0 radical (unpaired) electrons. The van der Waals surface area contributed by atoms with Crippen LogP contribution >= 0.6 is 11.8 Å². The van der Waals surface area contributed by atoms with Gasteiger partial charge in [-0.3, -0.25) is 9.59 Å². The molecule has 0 bridgehead atoms. The molecule has 1 aromatic carbocycles. The van der Waals surface area contributed by atoms with E-state index in [-0.39, 0.29) is 16.9 Å². The van der Waals surface area contributed by atoms with Crippen molar-refractivity contribution in [3.05, 3.63) is 47.8 Å². The molecule has 0 fully saturated rings. The molecule has 0 aliphatic rings. The summed E-state index contributed by atoms with van der Waals surface area (Å²) < 4.78 is 0.836. The first-order valence-corrected chi connectivity index (χ1v) is 7.84. The Morgan fingerprint density at radius 1 is 1.23 bits per heavy atom. The number of hydrogen-bond donors (Lipinski definition) is 0. The van der Waals surface area contributed by atoms with Crippen LogP contribution in [-0.2, 0) is 4.79 Å². The SMILES string of the molecule is CC(=O)C(C)(C)SC(=O)c1cnnn1[C@H](C)c1ccccc1. The molecule has 0 saturated heterocycles. The maximum Gasteiger partial charge on any atom is 0.240 e. The molecule has 0 spiro atoms. The van der Waals surface area contributed by atoms with Crippen LogP contribution in [0.1, 0.15) is 49.8 Å². The summed E-state index contributed by atoms with van der Waals surface area (Å²) in [5.41, 5.74) is 1.44. The average Bonchev–Trinajstić information content (AvgIpc) is 2.96. The molecule has 2 rings (SSSR count). The van der Waals surface area contributed by atoms with Gasteiger partial charge in [0.2, 0.25) is 5.12 Å². The van der Waals surface area contributed by atoms with Gasteiger partial charge in [-0.15, -0.1) is 5.10 Å². The molecule has 1 aromatic heterocycles. The molecule has 5 nitrogen and oxygen atoms in total. The summed E-state index contributed by atoms with van der Waals surface area (Å²) in [5.74, 6) is -0.0408. The first-order chi connectivity index (χ1) is 10.3. The van der Waals surface area contributed by atoms with Crippen molar-refractivity contribution in [3.63, 3.8) is 0 Å². The first kappa shape index (κ1) is 16.4. The van der Waals surface area contributed by atoms with E-state index in [1.54, 1.807) is 18.5 Å². The fourth-order valence-electron chi connectivity index (χ4n) is 1.90. The van der Waals surface area contributed by atoms with Crippen molar-refractivity contribution < 1.29 is 9.59 Å². The molecular weight excluding hydrogens is 298 g/mol. The lowest BCUT2D eigenvalue weighted by Gasteiger charge is -2.20. The van der Waals surface area contributed by atoms with Crippen LogP contribution in [0.3, 0.4) is 0 Å². The van der Waals surface area contributed by atoms with Crippen molar-refractivity contribution in [1.82, 2.24) is 15.0 Å². The number of carbonyl (C=O) groups excluding carboxylic acids is 2. The molecule has 0 amide bonds. The molecule has 1 atom stereocenters. The van der Waals surface area contributed by atoms with Crippen molar-refractivity contribution in [3.8, 4) is 0 Å². The predicted octanol–water partition coefficient (Wildman–Crippen LogP) is 3.13. The summed E-state index contributed by atoms with van der Waals surface area (Å²) in [5, 5.41) is 7.69. The third kappa shape index (κ3) is 3.44. The van der Waals surface area contributed by atoms with Gasteiger partial charge in [-0.05, 0) is 33.3 Å². The van der Waals surface area contributed by atoms with E-state index in [9.17, 15) is 9.59 Å². The minimum absolute atomic E-state index is 0.0408. The quantitative estimate of drug-likeness (QED) is 0.847. The van der Waals surface area contributed by atoms with Gasteiger partial charge >= 0.3 is 0 Å². The van der Waals surface area contributed by atoms with Crippen molar-refractivity contribution in [2.45, 2.75) is 38.5 Å². The van der Waals surface area contributed by atoms with Gasteiger partial charge < -0.3 is 0 Å². The predicted molar refractivity (Wildman–Crippen MR) is 87.0 cm³/mol. The van der Waals surface area contributed by atoms with Crippen molar-refractivity contribution in [1.29, 1.82) is 0 Å². The Hall–Kier alpha value is -1.95. The molecule has 2 aromatic rings. The van der Waals surface area contributed by atoms with E-state index < -0.39 is 4.75 Å². The molecule has 22 heavy (non-hydrogen) atoms. The molecule has 0 aliphatic heterocycles. The Labute approximate surface area is 134 Å². The lowest BCUT2D eigenvalue weighted by atomic mass is 10.1. The first-order valence-electron chi connectivity index (χ1n) is 7.02. The summed E-state index contributed by atoms with van der Waals surface area (Å²) in [4.78, 5) is 24.1. The Bertz CT molecular complexity index is 680. The second-order valence-electron chi connectivity index (χ2n) is 5.61. The average molecular weight is 317 g/mol. The highest BCUT2D eigenvalue weighted by Crippen LogP contribution is 2.30. The number of aromatic nitrogens is 3. The maximum absolute atomic E-state index is 12.5. The molecule has 1 heterocycles. The zero-order valence-corrected chi connectivity index (χ0v) is 13.9. The maximum atomic E-state index is 12.5. The zero-order chi connectivity index (χ0) is 16.3. The van der Waals surface area contributed by atoms with Gasteiger partial charge in [0.25, 0.3) is 0 Å². The topological polar surface area (TPSA) is 64.8 Å². The van der Waals surface area contributed by atoms with Crippen LogP contribution in [0.5, 0.6) is 0 Å². The van der Waals surface area contributed by atoms with Crippen LogP contribution < -0.4 is 0 Å². The summed E-state index contributed by atoms with van der Waals surface area (Å²) in [6, 6.07) is 9.68.